The normalized spacial score (nSPS) is 27.2. The summed E-state index contributed by atoms with van der Waals surface area (Å²) >= 11 is 0. The summed E-state index contributed by atoms with van der Waals surface area (Å²) in [7, 11) is 0. The van der Waals surface area contributed by atoms with E-state index in [2.05, 4.69) is 41.4 Å². The first kappa shape index (κ1) is 14.7. The molecule has 2 atom stereocenters. The van der Waals surface area contributed by atoms with Gasteiger partial charge in [0, 0.05) is 30.5 Å². The van der Waals surface area contributed by atoms with Gasteiger partial charge in [0.05, 0.1) is 0 Å². The van der Waals surface area contributed by atoms with Crippen molar-refractivity contribution >= 4 is 11.4 Å². The van der Waals surface area contributed by atoms with E-state index < -0.39 is 0 Å². The molecule has 0 aromatic heterocycles. The number of hydrogen-bond donors (Lipinski definition) is 1. The minimum absolute atomic E-state index is 0.677. The fourth-order valence-corrected chi connectivity index (χ4v) is 3.79. The van der Waals surface area contributed by atoms with Crippen molar-refractivity contribution in [3.63, 3.8) is 0 Å². The number of piperidine rings is 1. The molecule has 0 spiro atoms. The summed E-state index contributed by atoms with van der Waals surface area (Å²) in [5.41, 5.74) is 2.70. The minimum Gasteiger partial charge on any atom is -0.382 e. The first-order chi connectivity index (χ1) is 10.3. The Balaban J connectivity index is 1.56. The van der Waals surface area contributed by atoms with Crippen LogP contribution in [-0.2, 0) is 0 Å². The van der Waals surface area contributed by atoms with Gasteiger partial charge in [-0.1, -0.05) is 19.8 Å². The van der Waals surface area contributed by atoms with Crippen LogP contribution in [-0.4, -0.2) is 19.1 Å². The molecule has 1 saturated carbocycles. The Bertz CT molecular complexity index is 420. The number of rotatable bonds is 3. The maximum atomic E-state index is 3.75. The highest BCUT2D eigenvalue weighted by molar-refractivity contribution is 5.55. The zero-order valence-electron chi connectivity index (χ0n) is 13.5. The van der Waals surface area contributed by atoms with Gasteiger partial charge in [-0.25, -0.2) is 0 Å². The summed E-state index contributed by atoms with van der Waals surface area (Å²) in [6.07, 6.45) is 10.9. The van der Waals surface area contributed by atoms with E-state index in [9.17, 15) is 0 Å². The third-order valence-electron chi connectivity index (χ3n) is 5.22. The smallest absolute Gasteiger partial charge is 0.0367 e. The van der Waals surface area contributed by atoms with Crippen molar-refractivity contribution in [1.29, 1.82) is 0 Å². The average molecular weight is 286 g/mol. The molecular weight excluding hydrogens is 256 g/mol. The Morgan fingerprint density at radius 3 is 2.38 bits per heavy atom. The van der Waals surface area contributed by atoms with Crippen LogP contribution in [0.25, 0.3) is 0 Å². The molecule has 1 aromatic rings. The van der Waals surface area contributed by atoms with E-state index in [4.69, 9.17) is 0 Å². The molecule has 2 unspecified atom stereocenters. The lowest BCUT2D eigenvalue weighted by Gasteiger charge is -2.29. The van der Waals surface area contributed by atoms with Crippen molar-refractivity contribution in [3.8, 4) is 0 Å². The molecule has 0 bridgehead atoms. The van der Waals surface area contributed by atoms with Crippen molar-refractivity contribution < 1.29 is 0 Å². The highest BCUT2D eigenvalue weighted by Gasteiger charge is 2.16. The molecule has 1 N–H and O–H groups in total. The fourth-order valence-electron chi connectivity index (χ4n) is 3.79. The Kier molecular flexibility index (Phi) is 5.05. The van der Waals surface area contributed by atoms with Gasteiger partial charge in [0.1, 0.15) is 0 Å². The highest BCUT2D eigenvalue weighted by Crippen LogP contribution is 2.26. The lowest BCUT2D eigenvalue weighted by Crippen LogP contribution is -2.29. The molecule has 21 heavy (non-hydrogen) atoms. The highest BCUT2D eigenvalue weighted by atomic mass is 15.1. The zero-order valence-corrected chi connectivity index (χ0v) is 13.5. The van der Waals surface area contributed by atoms with E-state index >= 15 is 0 Å². The lowest BCUT2D eigenvalue weighted by molar-refractivity contribution is 0.502. The van der Waals surface area contributed by atoms with Crippen molar-refractivity contribution in [2.75, 3.05) is 23.3 Å². The Hall–Kier alpha value is -1.18. The zero-order chi connectivity index (χ0) is 14.5. The van der Waals surface area contributed by atoms with Crippen molar-refractivity contribution in [2.24, 2.45) is 5.92 Å². The third kappa shape index (κ3) is 4.15. The maximum Gasteiger partial charge on any atom is 0.0367 e. The van der Waals surface area contributed by atoms with Gasteiger partial charge in [-0.05, 0) is 68.7 Å². The molecule has 1 saturated heterocycles. The molecule has 3 rings (SSSR count). The Morgan fingerprint density at radius 1 is 0.857 bits per heavy atom. The van der Waals surface area contributed by atoms with Gasteiger partial charge in [0.2, 0.25) is 0 Å². The van der Waals surface area contributed by atoms with Crippen molar-refractivity contribution in [3.05, 3.63) is 24.3 Å². The lowest BCUT2D eigenvalue weighted by atomic mass is 10.0. The summed E-state index contributed by atoms with van der Waals surface area (Å²) in [6, 6.07) is 9.83. The summed E-state index contributed by atoms with van der Waals surface area (Å²) in [5.74, 6) is 0.915. The van der Waals surface area contributed by atoms with E-state index in [-0.39, 0.29) is 0 Å². The molecule has 116 valence electrons. The summed E-state index contributed by atoms with van der Waals surface area (Å²) < 4.78 is 0. The largest absolute Gasteiger partial charge is 0.382 e. The third-order valence-corrected chi connectivity index (χ3v) is 5.22. The van der Waals surface area contributed by atoms with Crippen LogP contribution in [0.15, 0.2) is 24.3 Å². The number of nitrogens with zero attached hydrogens (tertiary/aromatic N) is 1. The van der Waals surface area contributed by atoms with Crippen LogP contribution in [0.5, 0.6) is 0 Å². The van der Waals surface area contributed by atoms with Crippen LogP contribution in [0, 0.1) is 5.92 Å². The van der Waals surface area contributed by atoms with Gasteiger partial charge >= 0.3 is 0 Å². The van der Waals surface area contributed by atoms with Gasteiger partial charge in [-0.2, -0.15) is 0 Å². The van der Waals surface area contributed by atoms with Gasteiger partial charge in [0.25, 0.3) is 0 Å². The van der Waals surface area contributed by atoms with E-state index in [1.807, 2.05) is 0 Å². The van der Waals surface area contributed by atoms with Crippen LogP contribution in [0.3, 0.4) is 0 Å². The molecule has 2 heteroatoms. The molecule has 1 aromatic carbocycles. The van der Waals surface area contributed by atoms with E-state index in [0.29, 0.717) is 6.04 Å². The number of nitrogens with one attached hydrogen (secondary N) is 1. The minimum atomic E-state index is 0.677. The monoisotopic (exact) mass is 286 g/mol. The summed E-state index contributed by atoms with van der Waals surface area (Å²) in [5, 5.41) is 3.75. The molecular formula is C19H30N2. The standard InChI is InChI=1S/C19H30N2/c1-16-6-5-7-17(9-8-16)20-18-10-12-19(13-11-18)21-14-3-2-4-15-21/h10-13,16-17,20H,2-9,14-15H2,1H3. The van der Waals surface area contributed by atoms with Crippen LogP contribution < -0.4 is 10.2 Å². The van der Waals surface area contributed by atoms with E-state index in [1.165, 1.54) is 75.8 Å². The molecule has 0 radical (unpaired) electrons. The quantitative estimate of drug-likeness (QED) is 0.781. The van der Waals surface area contributed by atoms with Crippen molar-refractivity contribution in [1.82, 2.24) is 0 Å². The van der Waals surface area contributed by atoms with E-state index in [0.717, 1.165) is 5.92 Å². The molecule has 0 amide bonds. The first-order valence-corrected chi connectivity index (χ1v) is 8.93. The molecule has 2 aliphatic rings. The molecule has 2 nitrogen and oxygen atoms in total. The van der Waals surface area contributed by atoms with Gasteiger partial charge in [-0.15, -0.1) is 0 Å². The maximum absolute atomic E-state index is 3.75. The van der Waals surface area contributed by atoms with Gasteiger partial charge in [-0.3, -0.25) is 0 Å². The number of anilines is 2. The number of hydrogen-bond acceptors (Lipinski definition) is 2. The van der Waals surface area contributed by atoms with Crippen LogP contribution >= 0.6 is 0 Å². The molecule has 1 aliphatic carbocycles. The average Bonchev–Trinajstić information content (AvgIpc) is 2.74. The SMILES string of the molecule is CC1CCCC(Nc2ccc(N3CCCCC3)cc2)CC1. The second-order valence-corrected chi connectivity index (χ2v) is 7.05. The fraction of sp³-hybridized carbons (Fsp3) is 0.684. The topological polar surface area (TPSA) is 15.3 Å². The number of benzene rings is 1. The summed E-state index contributed by atoms with van der Waals surface area (Å²) in [4.78, 5) is 2.53. The van der Waals surface area contributed by atoms with Crippen molar-refractivity contribution in [2.45, 2.75) is 64.3 Å². The predicted molar refractivity (Wildman–Crippen MR) is 92.2 cm³/mol. The van der Waals surface area contributed by atoms with Crippen LogP contribution in [0.4, 0.5) is 11.4 Å². The molecule has 1 aliphatic heterocycles. The van der Waals surface area contributed by atoms with Gasteiger partial charge in [0.15, 0.2) is 0 Å². The van der Waals surface area contributed by atoms with Crippen LogP contribution in [0.1, 0.15) is 58.3 Å². The van der Waals surface area contributed by atoms with Gasteiger partial charge < -0.3 is 10.2 Å². The molecule has 1 heterocycles. The predicted octanol–water partition coefficient (Wildman–Crippen LogP) is 5.06. The van der Waals surface area contributed by atoms with E-state index in [1.54, 1.807) is 0 Å². The Morgan fingerprint density at radius 2 is 1.62 bits per heavy atom. The molecule has 2 fully saturated rings. The van der Waals surface area contributed by atoms with Crippen LogP contribution in [0.2, 0.25) is 0 Å². The first-order valence-electron chi connectivity index (χ1n) is 8.93. The Labute approximate surface area is 129 Å². The second kappa shape index (κ2) is 7.20. The second-order valence-electron chi connectivity index (χ2n) is 7.05. The summed E-state index contributed by atoms with van der Waals surface area (Å²) in [6.45, 7) is 4.86.